The van der Waals surface area contributed by atoms with E-state index in [4.69, 9.17) is 20.0 Å². The first-order valence-corrected chi connectivity index (χ1v) is 10.4. The van der Waals surface area contributed by atoms with E-state index in [2.05, 4.69) is 4.98 Å². The van der Waals surface area contributed by atoms with Crippen LogP contribution in [0.3, 0.4) is 0 Å². The number of fused-ring (bicyclic) bond motifs is 1. The Morgan fingerprint density at radius 2 is 1.88 bits per heavy atom. The van der Waals surface area contributed by atoms with Crippen LogP contribution in [0.15, 0.2) is 59.5 Å². The smallest absolute Gasteiger partial charge is 0.306 e. The summed E-state index contributed by atoms with van der Waals surface area (Å²) in [5.74, 6) is -0.146. The highest BCUT2D eigenvalue weighted by atomic mass is 19.1. The molecule has 9 heteroatoms. The number of aromatic nitrogens is 3. The van der Waals surface area contributed by atoms with Gasteiger partial charge >= 0.3 is 11.8 Å². The molecule has 3 aromatic heterocycles. The van der Waals surface area contributed by atoms with E-state index >= 15 is 0 Å². The Hall–Kier alpha value is -4.01. The fourth-order valence-corrected chi connectivity index (χ4v) is 3.71. The summed E-state index contributed by atoms with van der Waals surface area (Å²) in [5.41, 5.74) is 2.15. The van der Waals surface area contributed by atoms with Crippen LogP contribution in [0.1, 0.15) is 33.6 Å². The Kier molecular flexibility index (Phi) is 5.71. The van der Waals surface area contributed by atoms with Crippen molar-refractivity contribution in [1.29, 1.82) is 10.8 Å². The first-order valence-electron chi connectivity index (χ1n) is 10.4. The molecule has 0 aliphatic rings. The molecule has 0 radical (unpaired) electrons. The summed E-state index contributed by atoms with van der Waals surface area (Å²) in [6.07, 6.45) is 5.69. The average Bonchev–Trinajstić information content (AvgIpc) is 3.34. The molecule has 33 heavy (non-hydrogen) atoms. The molecule has 0 spiro atoms. The summed E-state index contributed by atoms with van der Waals surface area (Å²) in [4.78, 5) is 15.9. The zero-order chi connectivity index (χ0) is 23.8. The van der Waals surface area contributed by atoms with Crippen molar-refractivity contribution in [2.45, 2.75) is 39.2 Å². The predicted molar refractivity (Wildman–Crippen MR) is 120 cm³/mol. The molecule has 8 nitrogen and oxygen atoms in total. The van der Waals surface area contributed by atoms with Crippen molar-refractivity contribution in [3.63, 3.8) is 0 Å². The standard InChI is InChI=1S/C24H24FN5O3/c1-15(31)33-24(2,3)11-10-20(27)30-14-17(6-9-19(30)26)22-21(16-4-7-18(25)8-5-16)28-23-29(22)12-13-32-23/h4-9,12-14,26-27H,10-11H2,1-3H3. The van der Waals surface area contributed by atoms with Gasteiger partial charge in [0.15, 0.2) is 0 Å². The van der Waals surface area contributed by atoms with E-state index in [9.17, 15) is 9.18 Å². The molecule has 0 aliphatic carbocycles. The highest BCUT2D eigenvalue weighted by Gasteiger charge is 2.23. The van der Waals surface area contributed by atoms with Gasteiger partial charge < -0.3 is 9.15 Å². The molecule has 170 valence electrons. The summed E-state index contributed by atoms with van der Waals surface area (Å²) in [5, 5.41) is 16.8. The van der Waals surface area contributed by atoms with E-state index in [0.29, 0.717) is 41.2 Å². The van der Waals surface area contributed by atoms with Crippen LogP contribution in [0, 0.1) is 16.6 Å². The lowest BCUT2D eigenvalue weighted by Gasteiger charge is -2.24. The zero-order valence-electron chi connectivity index (χ0n) is 18.6. The van der Waals surface area contributed by atoms with Crippen molar-refractivity contribution >= 4 is 17.6 Å². The number of nitrogens with zero attached hydrogens (tertiary/aromatic N) is 3. The number of nitrogens with one attached hydrogen (secondary N) is 2. The second-order valence-electron chi connectivity index (χ2n) is 8.34. The van der Waals surface area contributed by atoms with Gasteiger partial charge in [0, 0.05) is 36.9 Å². The molecular formula is C24H24FN5O3. The molecule has 0 bridgehead atoms. The molecule has 0 atom stereocenters. The van der Waals surface area contributed by atoms with E-state index in [-0.39, 0.29) is 23.1 Å². The number of hydrogen-bond donors (Lipinski definition) is 2. The summed E-state index contributed by atoms with van der Waals surface area (Å²) in [7, 11) is 0. The predicted octanol–water partition coefficient (Wildman–Crippen LogP) is 4.63. The molecule has 2 N–H and O–H groups in total. The molecule has 3 heterocycles. The largest absolute Gasteiger partial charge is 0.460 e. The van der Waals surface area contributed by atoms with E-state index < -0.39 is 5.60 Å². The van der Waals surface area contributed by atoms with Crippen molar-refractivity contribution < 1.29 is 18.3 Å². The van der Waals surface area contributed by atoms with Crippen LogP contribution >= 0.6 is 0 Å². The van der Waals surface area contributed by atoms with E-state index in [1.807, 2.05) is 0 Å². The van der Waals surface area contributed by atoms with Crippen LogP contribution in [-0.2, 0) is 9.53 Å². The normalized spacial score (nSPS) is 11.6. The monoisotopic (exact) mass is 449 g/mol. The number of halogens is 1. The first kappa shape index (κ1) is 22.2. The maximum absolute atomic E-state index is 13.5. The zero-order valence-corrected chi connectivity index (χ0v) is 18.6. The lowest BCUT2D eigenvalue weighted by atomic mass is 10.0. The number of pyridine rings is 1. The Morgan fingerprint density at radius 3 is 2.58 bits per heavy atom. The summed E-state index contributed by atoms with van der Waals surface area (Å²) >= 11 is 0. The number of benzene rings is 1. The molecule has 0 unspecified atom stereocenters. The topological polar surface area (TPSA) is 109 Å². The van der Waals surface area contributed by atoms with Gasteiger partial charge in [0.05, 0.1) is 5.69 Å². The number of imidazole rings is 1. The highest BCUT2D eigenvalue weighted by Crippen LogP contribution is 2.33. The first-order chi connectivity index (χ1) is 15.6. The van der Waals surface area contributed by atoms with Crippen molar-refractivity contribution in [3.05, 3.63) is 66.4 Å². The second-order valence-corrected chi connectivity index (χ2v) is 8.34. The van der Waals surface area contributed by atoms with E-state index in [0.717, 1.165) is 0 Å². The fourth-order valence-electron chi connectivity index (χ4n) is 3.71. The van der Waals surface area contributed by atoms with E-state index in [1.54, 1.807) is 54.9 Å². The fraction of sp³-hybridized carbons (Fsp3) is 0.250. The maximum atomic E-state index is 13.5. The third-order valence-corrected chi connectivity index (χ3v) is 5.28. The molecule has 4 rings (SSSR count). The van der Waals surface area contributed by atoms with E-state index in [1.165, 1.54) is 29.9 Å². The quantitative estimate of drug-likeness (QED) is 0.254. The Bertz CT molecular complexity index is 1400. The van der Waals surface area contributed by atoms with Crippen LogP contribution in [0.25, 0.3) is 28.4 Å². The molecule has 0 fully saturated rings. The van der Waals surface area contributed by atoms with Crippen molar-refractivity contribution in [2.24, 2.45) is 0 Å². The lowest BCUT2D eigenvalue weighted by molar-refractivity contribution is -0.154. The van der Waals surface area contributed by atoms with Crippen LogP contribution < -0.4 is 5.49 Å². The van der Waals surface area contributed by atoms with Crippen LogP contribution in [0.4, 0.5) is 4.39 Å². The lowest BCUT2D eigenvalue weighted by Crippen LogP contribution is -2.31. The van der Waals surface area contributed by atoms with Crippen molar-refractivity contribution in [2.75, 3.05) is 0 Å². The minimum Gasteiger partial charge on any atom is -0.460 e. The van der Waals surface area contributed by atoms with Gasteiger partial charge in [-0.1, -0.05) is 0 Å². The van der Waals surface area contributed by atoms with Gasteiger partial charge in [0.25, 0.3) is 0 Å². The van der Waals surface area contributed by atoms with Crippen LogP contribution in [0.5, 0.6) is 0 Å². The summed E-state index contributed by atoms with van der Waals surface area (Å²) in [6.45, 7) is 4.94. The number of carbonyl (C=O) groups is 1. The SMILES string of the molecule is CC(=O)OC(C)(C)CCC(=N)n1cc(-c2c(-c3ccc(F)cc3)nc3occn23)ccc1=N. The molecule has 0 saturated carbocycles. The molecule has 0 saturated heterocycles. The number of oxazole rings is 1. The number of rotatable bonds is 6. The number of carbonyl (C=O) groups excluding carboxylic acids is 1. The molecule has 1 aromatic carbocycles. The Labute approximate surface area is 189 Å². The van der Waals surface area contributed by atoms with Gasteiger partial charge in [-0.2, -0.15) is 4.98 Å². The number of esters is 1. The third-order valence-electron chi connectivity index (χ3n) is 5.28. The van der Waals surface area contributed by atoms with Gasteiger partial charge in [-0.15, -0.1) is 0 Å². The highest BCUT2D eigenvalue weighted by molar-refractivity contribution is 5.85. The van der Waals surface area contributed by atoms with Crippen molar-refractivity contribution in [3.8, 4) is 22.5 Å². The Balaban J connectivity index is 1.72. The van der Waals surface area contributed by atoms with Gasteiger partial charge in [-0.25, -0.2) is 4.39 Å². The third kappa shape index (κ3) is 4.62. The number of ether oxygens (including phenoxy) is 1. The minimum absolute atomic E-state index is 0.144. The van der Waals surface area contributed by atoms with Crippen LogP contribution in [0.2, 0.25) is 0 Å². The average molecular weight is 449 g/mol. The molecule has 4 aromatic rings. The second kappa shape index (κ2) is 8.50. The number of hydrogen-bond acceptors (Lipinski definition) is 6. The van der Waals surface area contributed by atoms with Gasteiger partial charge in [0.2, 0.25) is 0 Å². The van der Waals surface area contributed by atoms with Gasteiger partial charge in [0.1, 0.15) is 34.7 Å². The molecule has 0 amide bonds. The van der Waals surface area contributed by atoms with Crippen molar-refractivity contribution in [1.82, 2.24) is 14.0 Å². The van der Waals surface area contributed by atoms with Crippen LogP contribution in [-0.4, -0.2) is 31.4 Å². The summed E-state index contributed by atoms with van der Waals surface area (Å²) < 4.78 is 27.5. The maximum Gasteiger partial charge on any atom is 0.306 e. The molecular weight excluding hydrogens is 425 g/mol. The summed E-state index contributed by atoms with van der Waals surface area (Å²) in [6, 6.07) is 9.41. The minimum atomic E-state index is -0.720. The van der Waals surface area contributed by atoms with Gasteiger partial charge in [-0.05, 0) is 56.7 Å². The Morgan fingerprint density at radius 1 is 1.18 bits per heavy atom. The molecule has 0 aliphatic heterocycles. The van der Waals surface area contributed by atoms with Gasteiger partial charge in [-0.3, -0.25) is 24.6 Å².